The maximum atomic E-state index is 13.0. The number of benzene rings is 1. The minimum Gasteiger partial charge on any atom is -0.390 e. The third-order valence-corrected chi connectivity index (χ3v) is 7.90. The summed E-state index contributed by atoms with van der Waals surface area (Å²) in [5.74, 6) is 0.581. The highest BCUT2D eigenvalue weighted by Crippen LogP contribution is 2.28. The van der Waals surface area contributed by atoms with E-state index in [2.05, 4.69) is 40.2 Å². The van der Waals surface area contributed by atoms with Crippen molar-refractivity contribution in [3.05, 3.63) is 65.0 Å². The van der Waals surface area contributed by atoms with Gasteiger partial charge < -0.3 is 19.8 Å². The molecule has 0 bridgehead atoms. The number of β-amino-alcohol motifs (C(OH)–C–C–N with tert-alkyl or cyclic N) is 1. The van der Waals surface area contributed by atoms with E-state index < -0.39 is 6.10 Å². The number of aliphatic hydroxyl groups excluding tert-OH is 1. The van der Waals surface area contributed by atoms with Gasteiger partial charge in [-0.3, -0.25) is 14.7 Å². The third kappa shape index (κ3) is 5.71. The van der Waals surface area contributed by atoms with E-state index >= 15 is 0 Å². The van der Waals surface area contributed by atoms with Crippen LogP contribution in [0.5, 0.6) is 0 Å². The van der Waals surface area contributed by atoms with Crippen LogP contribution in [0.3, 0.4) is 0 Å². The topological polar surface area (TPSA) is 80.2 Å². The second kappa shape index (κ2) is 11.0. The summed E-state index contributed by atoms with van der Waals surface area (Å²) in [5.41, 5.74) is 4.82. The number of carbonyl (C=O) groups excluding carboxylic acids is 2. The fraction of sp³-hybridized carbons (Fsp3) is 0.536. The summed E-state index contributed by atoms with van der Waals surface area (Å²) in [6, 6.07) is 12.6. The van der Waals surface area contributed by atoms with Gasteiger partial charge in [0.25, 0.3) is 0 Å². The number of pyridine rings is 1. The molecule has 3 amide bonds. The molecule has 2 saturated heterocycles. The van der Waals surface area contributed by atoms with Gasteiger partial charge in [-0.1, -0.05) is 30.3 Å². The first kappa shape index (κ1) is 24.7. The molecule has 36 heavy (non-hydrogen) atoms. The van der Waals surface area contributed by atoms with Crippen molar-refractivity contribution in [2.45, 2.75) is 51.3 Å². The fourth-order valence-electron chi connectivity index (χ4n) is 5.76. The molecule has 192 valence electrons. The first-order valence-electron chi connectivity index (χ1n) is 13.2. The Balaban J connectivity index is 1.08. The van der Waals surface area contributed by atoms with E-state index in [0.717, 1.165) is 51.1 Å². The van der Waals surface area contributed by atoms with Crippen LogP contribution in [0.4, 0.5) is 4.79 Å². The molecule has 3 aliphatic rings. The average molecular weight is 492 g/mol. The van der Waals surface area contributed by atoms with Crippen molar-refractivity contribution in [3.63, 3.8) is 0 Å². The van der Waals surface area contributed by atoms with E-state index in [-0.39, 0.29) is 11.9 Å². The Labute approximate surface area is 213 Å². The van der Waals surface area contributed by atoms with Crippen LogP contribution in [0.15, 0.2) is 42.6 Å². The Kier molecular flexibility index (Phi) is 7.53. The molecule has 8 heteroatoms. The standard InChI is InChI=1S/C28H37N5O3/c1-21(34)31-12-9-23(10-13-31)24-6-7-26(29-16-24)18-32-14-15-33(28(32)36)20-27(35)19-30-11-8-22-4-2-3-5-25(22)17-30/h2-7,16,23,27,35H,8-15,17-20H2,1H3. The van der Waals surface area contributed by atoms with Gasteiger partial charge in [0.1, 0.15) is 0 Å². The Morgan fingerprint density at radius 2 is 1.75 bits per heavy atom. The summed E-state index contributed by atoms with van der Waals surface area (Å²) in [6.45, 7) is 7.72. The lowest BCUT2D eigenvalue weighted by molar-refractivity contribution is -0.129. The zero-order valence-corrected chi connectivity index (χ0v) is 21.2. The summed E-state index contributed by atoms with van der Waals surface area (Å²) in [4.78, 5) is 36.9. The number of likely N-dealkylation sites (tertiary alicyclic amines) is 1. The summed E-state index contributed by atoms with van der Waals surface area (Å²) < 4.78 is 0. The molecule has 4 heterocycles. The molecular weight excluding hydrogens is 454 g/mol. The number of amides is 3. The van der Waals surface area contributed by atoms with Gasteiger partial charge in [0, 0.05) is 65.5 Å². The van der Waals surface area contributed by atoms with E-state index in [1.165, 1.54) is 16.7 Å². The van der Waals surface area contributed by atoms with Crippen LogP contribution in [-0.2, 0) is 24.3 Å². The predicted molar refractivity (Wildman–Crippen MR) is 137 cm³/mol. The van der Waals surface area contributed by atoms with E-state index in [9.17, 15) is 14.7 Å². The smallest absolute Gasteiger partial charge is 0.320 e. The van der Waals surface area contributed by atoms with Crippen molar-refractivity contribution in [1.29, 1.82) is 0 Å². The molecule has 2 aromatic rings. The summed E-state index contributed by atoms with van der Waals surface area (Å²) in [6.07, 6.45) is 4.30. The van der Waals surface area contributed by atoms with E-state index in [1.807, 2.05) is 22.1 Å². The molecule has 1 N–H and O–H groups in total. The molecule has 5 rings (SSSR count). The molecular formula is C28H37N5O3. The number of fused-ring (bicyclic) bond motifs is 1. The zero-order chi connectivity index (χ0) is 25.1. The lowest BCUT2D eigenvalue weighted by Crippen LogP contribution is -2.43. The first-order valence-corrected chi connectivity index (χ1v) is 13.2. The number of aromatic nitrogens is 1. The molecule has 0 spiro atoms. The predicted octanol–water partition coefficient (Wildman–Crippen LogP) is 2.46. The van der Waals surface area contributed by atoms with Crippen molar-refractivity contribution in [1.82, 2.24) is 24.6 Å². The SMILES string of the molecule is CC(=O)N1CCC(c2ccc(CN3CCN(CC(O)CN4CCc5ccccc5C4)C3=O)nc2)CC1. The molecule has 0 saturated carbocycles. The number of rotatable bonds is 7. The van der Waals surface area contributed by atoms with Gasteiger partial charge in [0.15, 0.2) is 0 Å². The molecule has 2 fully saturated rings. The van der Waals surface area contributed by atoms with Crippen molar-refractivity contribution < 1.29 is 14.7 Å². The lowest BCUT2D eigenvalue weighted by Gasteiger charge is -2.31. The Bertz CT molecular complexity index is 1070. The molecule has 1 unspecified atom stereocenters. The Morgan fingerprint density at radius 3 is 2.47 bits per heavy atom. The van der Waals surface area contributed by atoms with Gasteiger partial charge in [-0.15, -0.1) is 0 Å². The van der Waals surface area contributed by atoms with Crippen LogP contribution in [0.2, 0.25) is 0 Å². The molecule has 0 radical (unpaired) electrons. The molecule has 1 atom stereocenters. The number of aliphatic hydroxyl groups is 1. The van der Waals surface area contributed by atoms with E-state index in [1.54, 1.807) is 11.8 Å². The number of urea groups is 1. The number of piperidine rings is 1. The van der Waals surface area contributed by atoms with Crippen LogP contribution in [0.1, 0.15) is 48.1 Å². The van der Waals surface area contributed by atoms with Crippen molar-refractivity contribution in [3.8, 4) is 0 Å². The summed E-state index contributed by atoms with van der Waals surface area (Å²) >= 11 is 0. The van der Waals surface area contributed by atoms with Gasteiger partial charge in [0.05, 0.1) is 18.3 Å². The Morgan fingerprint density at radius 1 is 1.00 bits per heavy atom. The third-order valence-electron chi connectivity index (χ3n) is 7.90. The lowest BCUT2D eigenvalue weighted by atomic mass is 9.90. The van der Waals surface area contributed by atoms with Crippen LogP contribution in [-0.4, -0.2) is 93.5 Å². The molecule has 8 nitrogen and oxygen atoms in total. The van der Waals surface area contributed by atoms with Crippen LogP contribution in [0.25, 0.3) is 0 Å². The quantitative estimate of drug-likeness (QED) is 0.644. The summed E-state index contributed by atoms with van der Waals surface area (Å²) in [7, 11) is 0. The number of hydrogen-bond acceptors (Lipinski definition) is 5. The number of nitrogens with zero attached hydrogens (tertiary/aromatic N) is 5. The highest BCUT2D eigenvalue weighted by atomic mass is 16.3. The number of hydrogen-bond donors (Lipinski definition) is 1. The van der Waals surface area contributed by atoms with E-state index in [4.69, 9.17) is 0 Å². The fourth-order valence-corrected chi connectivity index (χ4v) is 5.76. The van der Waals surface area contributed by atoms with Crippen molar-refractivity contribution >= 4 is 11.9 Å². The number of carbonyl (C=O) groups is 2. The first-order chi connectivity index (χ1) is 17.5. The van der Waals surface area contributed by atoms with Crippen molar-refractivity contribution in [2.24, 2.45) is 0 Å². The average Bonchev–Trinajstić information content (AvgIpc) is 3.22. The second-order valence-electron chi connectivity index (χ2n) is 10.4. The maximum Gasteiger partial charge on any atom is 0.320 e. The van der Waals surface area contributed by atoms with Gasteiger partial charge in [0.2, 0.25) is 5.91 Å². The molecule has 0 aliphatic carbocycles. The van der Waals surface area contributed by atoms with E-state index in [0.29, 0.717) is 38.6 Å². The van der Waals surface area contributed by atoms with Crippen LogP contribution in [0, 0.1) is 0 Å². The minimum absolute atomic E-state index is 0.0273. The van der Waals surface area contributed by atoms with Gasteiger partial charge in [-0.25, -0.2) is 4.79 Å². The second-order valence-corrected chi connectivity index (χ2v) is 10.4. The molecule has 1 aromatic carbocycles. The van der Waals surface area contributed by atoms with Crippen LogP contribution < -0.4 is 0 Å². The highest BCUT2D eigenvalue weighted by Gasteiger charge is 2.31. The normalized spacial score (nSPS) is 20.1. The van der Waals surface area contributed by atoms with Crippen LogP contribution >= 0.6 is 0 Å². The summed E-state index contributed by atoms with van der Waals surface area (Å²) in [5, 5.41) is 10.7. The van der Waals surface area contributed by atoms with Gasteiger partial charge >= 0.3 is 6.03 Å². The van der Waals surface area contributed by atoms with Gasteiger partial charge in [-0.2, -0.15) is 0 Å². The Hall–Kier alpha value is -2.97. The minimum atomic E-state index is -0.564. The largest absolute Gasteiger partial charge is 0.390 e. The maximum absolute atomic E-state index is 13.0. The monoisotopic (exact) mass is 491 g/mol. The highest BCUT2D eigenvalue weighted by molar-refractivity contribution is 5.76. The molecule has 3 aliphatic heterocycles. The van der Waals surface area contributed by atoms with Crippen molar-refractivity contribution in [2.75, 3.05) is 45.8 Å². The van der Waals surface area contributed by atoms with Gasteiger partial charge in [-0.05, 0) is 47.9 Å². The molecule has 1 aromatic heterocycles. The zero-order valence-electron chi connectivity index (χ0n) is 21.2.